The van der Waals surface area contributed by atoms with Gasteiger partial charge in [-0.1, -0.05) is 6.07 Å². The second kappa shape index (κ2) is 10.5. The van der Waals surface area contributed by atoms with Crippen LogP contribution in [0.3, 0.4) is 0 Å². The Morgan fingerprint density at radius 3 is 2.42 bits per heavy atom. The van der Waals surface area contributed by atoms with Gasteiger partial charge in [0.15, 0.2) is 0 Å². The van der Waals surface area contributed by atoms with E-state index in [0.717, 1.165) is 35.3 Å². The Morgan fingerprint density at radius 1 is 1.06 bits per heavy atom. The molecule has 0 saturated carbocycles. The third kappa shape index (κ3) is 6.77. The van der Waals surface area contributed by atoms with Crippen LogP contribution in [-0.2, 0) is 17.4 Å². The fourth-order valence-electron chi connectivity index (χ4n) is 3.47. The normalized spacial score (nSPS) is 15.4. The van der Waals surface area contributed by atoms with Gasteiger partial charge in [-0.15, -0.1) is 0 Å². The van der Waals surface area contributed by atoms with Gasteiger partial charge in [0.2, 0.25) is 6.41 Å². The lowest BCUT2D eigenvalue weighted by Crippen LogP contribution is -2.42. The van der Waals surface area contributed by atoms with E-state index in [-0.39, 0.29) is 38.0 Å². The number of aryl methyl sites for hydroxylation is 1. The maximum atomic E-state index is 14.5. The smallest absolute Gasteiger partial charge is 0.345 e. The lowest BCUT2D eigenvalue weighted by atomic mass is 9.88. The van der Waals surface area contributed by atoms with Crippen LogP contribution in [0.2, 0.25) is 0 Å². The van der Waals surface area contributed by atoms with Crippen LogP contribution < -0.4 is 0 Å². The molecule has 4 rings (SSSR count). The van der Waals surface area contributed by atoms with Crippen molar-refractivity contribution in [2.75, 3.05) is 13.1 Å². The molecular formula is C23H23F4N5O. The zero-order valence-corrected chi connectivity index (χ0v) is 18.0. The van der Waals surface area contributed by atoms with Gasteiger partial charge >= 0.3 is 6.18 Å². The molecule has 3 aromatic heterocycles. The summed E-state index contributed by atoms with van der Waals surface area (Å²) in [7, 11) is 0. The van der Waals surface area contributed by atoms with Gasteiger partial charge in [0, 0.05) is 43.8 Å². The van der Waals surface area contributed by atoms with Crippen LogP contribution >= 0.6 is 0 Å². The maximum Gasteiger partial charge on any atom is 0.416 e. The van der Waals surface area contributed by atoms with Crippen molar-refractivity contribution in [3.05, 3.63) is 72.1 Å². The number of alkyl halides is 4. The van der Waals surface area contributed by atoms with Gasteiger partial charge in [0.25, 0.3) is 0 Å². The minimum atomic E-state index is -4.46. The molecular weight excluding hydrogens is 438 g/mol. The number of carbonyl (C=O) groups is 1. The Bertz CT molecular complexity index is 1050. The van der Waals surface area contributed by atoms with E-state index in [1.165, 1.54) is 11.2 Å². The Balaban J connectivity index is 0.000000203. The fraction of sp³-hybridized carbons (Fsp3) is 0.348. The average Bonchev–Trinajstić information content (AvgIpc) is 2.80. The van der Waals surface area contributed by atoms with Crippen molar-refractivity contribution >= 4 is 6.41 Å². The predicted molar refractivity (Wildman–Crippen MR) is 114 cm³/mol. The predicted octanol–water partition coefficient (Wildman–Crippen LogP) is 4.45. The van der Waals surface area contributed by atoms with Crippen LogP contribution in [0.5, 0.6) is 0 Å². The summed E-state index contributed by atoms with van der Waals surface area (Å²) < 4.78 is 52.2. The summed E-state index contributed by atoms with van der Waals surface area (Å²) in [6.45, 7) is 2.57. The van der Waals surface area contributed by atoms with E-state index in [9.17, 15) is 22.4 Å². The number of halogens is 4. The Morgan fingerprint density at radius 2 is 1.82 bits per heavy atom. The van der Waals surface area contributed by atoms with Crippen molar-refractivity contribution in [2.45, 2.75) is 38.0 Å². The van der Waals surface area contributed by atoms with Crippen LogP contribution in [-0.4, -0.2) is 50.0 Å². The maximum absolute atomic E-state index is 14.5. The lowest BCUT2D eigenvalue weighted by Gasteiger charge is -2.34. The van der Waals surface area contributed by atoms with E-state index in [1.54, 1.807) is 12.4 Å². The summed E-state index contributed by atoms with van der Waals surface area (Å²) in [5, 5.41) is 0. The van der Waals surface area contributed by atoms with Gasteiger partial charge in [0.05, 0.1) is 17.0 Å². The van der Waals surface area contributed by atoms with Crippen LogP contribution in [0.1, 0.15) is 29.7 Å². The number of rotatable bonds is 4. The molecule has 0 bridgehead atoms. The highest BCUT2D eigenvalue weighted by molar-refractivity contribution is 5.57. The minimum Gasteiger partial charge on any atom is -0.345 e. The van der Waals surface area contributed by atoms with Crippen molar-refractivity contribution in [1.82, 2.24) is 24.8 Å². The molecule has 0 atom stereocenters. The molecule has 1 saturated heterocycles. The molecule has 0 unspecified atom stereocenters. The van der Waals surface area contributed by atoms with Crippen LogP contribution in [0.4, 0.5) is 17.6 Å². The molecule has 33 heavy (non-hydrogen) atoms. The SMILES string of the molecule is Cc1cccnc1-c1ccncn1.O=CN1CCC(F)(Cc2cc(C(F)(F)F)ccn2)CC1. The van der Waals surface area contributed by atoms with Crippen molar-refractivity contribution in [2.24, 2.45) is 0 Å². The highest BCUT2D eigenvalue weighted by Gasteiger charge is 2.36. The van der Waals surface area contributed by atoms with Gasteiger partial charge in [0.1, 0.15) is 12.0 Å². The summed E-state index contributed by atoms with van der Waals surface area (Å²) >= 11 is 0. The van der Waals surface area contributed by atoms with Gasteiger partial charge in [-0.25, -0.2) is 14.4 Å². The highest BCUT2D eigenvalue weighted by Crippen LogP contribution is 2.32. The Labute approximate surface area is 188 Å². The van der Waals surface area contributed by atoms with E-state index < -0.39 is 17.4 Å². The van der Waals surface area contributed by atoms with E-state index in [4.69, 9.17) is 0 Å². The minimum absolute atomic E-state index is 0.0851. The standard InChI is InChI=1S/C13H14F4N2O.C10H9N3/c14-12(2-5-19(9-20)6-3-12)8-11-7-10(1-4-18-11)13(15,16)17;1-8-3-2-5-12-10(8)9-4-6-11-7-13-9/h1,4,7,9H,2-3,5-6,8H2;2-7H,1H3. The molecule has 0 aromatic carbocycles. The van der Waals surface area contributed by atoms with Crippen LogP contribution in [0, 0.1) is 6.92 Å². The molecule has 1 amide bonds. The van der Waals surface area contributed by atoms with Crippen LogP contribution in [0.25, 0.3) is 11.4 Å². The molecule has 3 aromatic rings. The molecule has 1 aliphatic heterocycles. The van der Waals surface area contributed by atoms with Gasteiger partial charge in [-0.3, -0.25) is 14.8 Å². The average molecular weight is 461 g/mol. The topological polar surface area (TPSA) is 71.9 Å². The third-order valence-electron chi connectivity index (χ3n) is 5.32. The van der Waals surface area contributed by atoms with Crippen molar-refractivity contribution in [3.8, 4) is 11.4 Å². The molecule has 0 aliphatic carbocycles. The Kier molecular flexibility index (Phi) is 7.67. The molecule has 0 N–H and O–H groups in total. The molecule has 1 fully saturated rings. The second-order valence-corrected chi connectivity index (χ2v) is 7.77. The zero-order valence-electron chi connectivity index (χ0n) is 18.0. The summed E-state index contributed by atoms with van der Waals surface area (Å²) in [4.78, 5) is 28.1. The van der Waals surface area contributed by atoms with Gasteiger partial charge < -0.3 is 4.90 Å². The van der Waals surface area contributed by atoms with Crippen molar-refractivity contribution in [3.63, 3.8) is 0 Å². The van der Waals surface area contributed by atoms with E-state index in [0.29, 0.717) is 6.41 Å². The van der Waals surface area contributed by atoms with E-state index >= 15 is 0 Å². The molecule has 10 heteroatoms. The van der Waals surface area contributed by atoms with Crippen molar-refractivity contribution in [1.29, 1.82) is 0 Å². The first-order chi connectivity index (χ1) is 15.7. The second-order valence-electron chi connectivity index (χ2n) is 7.77. The molecule has 4 heterocycles. The molecule has 0 spiro atoms. The van der Waals surface area contributed by atoms with E-state index in [2.05, 4.69) is 19.9 Å². The summed E-state index contributed by atoms with van der Waals surface area (Å²) in [6.07, 6.45) is 2.33. The summed E-state index contributed by atoms with van der Waals surface area (Å²) in [6, 6.07) is 7.54. The number of aromatic nitrogens is 4. The first-order valence-electron chi connectivity index (χ1n) is 10.3. The van der Waals surface area contributed by atoms with Crippen LogP contribution in [0.15, 0.2) is 55.2 Å². The zero-order chi connectivity index (χ0) is 23.9. The first-order valence-corrected chi connectivity index (χ1v) is 10.3. The first kappa shape index (κ1) is 24.2. The van der Waals surface area contributed by atoms with E-state index in [1.807, 2.05) is 25.1 Å². The number of hydrogen-bond acceptors (Lipinski definition) is 5. The fourth-order valence-corrected chi connectivity index (χ4v) is 3.47. The molecule has 1 aliphatic rings. The molecule has 174 valence electrons. The molecule has 6 nitrogen and oxygen atoms in total. The quantitative estimate of drug-likeness (QED) is 0.424. The Hall–Kier alpha value is -3.43. The monoisotopic (exact) mass is 461 g/mol. The number of hydrogen-bond donors (Lipinski definition) is 0. The van der Waals surface area contributed by atoms with Crippen molar-refractivity contribution < 1.29 is 22.4 Å². The number of piperidine rings is 1. The van der Waals surface area contributed by atoms with Gasteiger partial charge in [-0.05, 0) is 49.6 Å². The van der Waals surface area contributed by atoms with Gasteiger partial charge in [-0.2, -0.15) is 13.2 Å². The summed E-state index contributed by atoms with van der Waals surface area (Å²) in [5.41, 5.74) is 0.578. The molecule has 0 radical (unpaired) electrons. The number of amides is 1. The number of likely N-dealkylation sites (tertiary alicyclic amines) is 1. The highest BCUT2D eigenvalue weighted by atomic mass is 19.4. The third-order valence-corrected chi connectivity index (χ3v) is 5.32. The number of nitrogens with zero attached hydrogens (tertiary/aromatic N) is 5. The summed E-state index contributed by atoms with van der Waals surface area (Å²) in [5.74, 6) is 0. The number of pyridine rings is 2. The lowest BCUT2D eigenvalue weighted by molar-refractivity contribution is -0.137. The largest absolute Gasteiger partial charge is 0.416 e. The number of carbonyl (C=O) groups excluding carboxylic acids is 1.